The standard InChI is InChI=1S/C20H19F3N4O/c1-13-11-16(20(21,22)23)15(12-24)18(25-13)27-10-6-9-17(27)19(28)26(2)14-7-4-3-5-8-14/h3-5,7-8,11,17H,6,9-10H2,1-2H3. The van der Waals surface area contributed by atoms with Gasteiger partial charge >= 0.3 is 6.18 Å². The maximum absolute atomic E-state index is 13.4. The molecule has 0 spiro atoms. The van der Waals surface area contributed by atoms with E-state index in [1.807, 2.05) is 6.07 Å². The van der Waals surface area contributed by atoms with E-state index in [2.05, 4.69) is 4.98 Å². The van der Waals surface area contributed by atoms with Crippen LogP contribution in [0.4, 0.5) is 24.7 Å². The largest absolute Gasteiger partial charge is 0.417 e. The van der Waals surface area contributed by atoms with E-state index in [1.54, 1.807) is 37.4 Å². The fourth-order valence-corrected chi connectivity index (χ4v) is 3.48. The third kappa shape index (κ3) is 3.65. The molecule has 28 heavy (non-hydrogen) atoms. The molecule has 1 aliphatic heterocycles. The van der Waals surface area contributed by atoms with E-state index in [1.165, 1.54) is 16.7 Å². The molecule has 0 bridgehead atoms. The third-order valence-electron chi connectivity index (χ3n) is 4.83. The predicted molar refractivity (Wildman–Crippen MR) is 98.9 cm³/mol. The Bertz CT molecular complexity index is 922. The summed E-state index contributed by atoms with van der Waals surface area (Å²) < 4.78 is 40.2. The summed E-state index contributed by atoms with van der Waals surface area (Å²) in [6, 6.07) is 10.8. The van der Waals surface area contributed by atoms with E-state index in [9.17, 15) is 23.2 Å². The summed E-state index contributed by atoms with van der Waals surface area (Å²) in [6.45, 7) is 1.81. The van der Waals surface area contributed by atoms with Crippen molar-refractivity contribution in [2.75, 3.05) is 23.4 Å². The minimum absolute atomic E-state index is 0.0767. The van der Waals surface area contributed by atoms with Gasteiger partial charge in [0.1, 0.15) is 23.5 Å². The first kappa shape index (κ1) is 19.7. The molecule has 1 saturated heterocycles. The number of rotatable bonds is 3. The zero-order chi connectivity index (χ0) is 20.5. The zero-order valence-corrected chi connectivity index (χ0v) is 15.5. The zero-order valence-electron chi connectivity index (χ0n) is 15.5. The molecule has 8 heteroatoms. The van der Waals surface area contributed by atoms with Crippen molar-refractivity contribution < 1.29 is 18.0 Å². The van der Waals surface area contributed by atoms with E-state index >= 15 is 0 Å². The first-order valence-corrected chi connectivity index (χ1v) is 8.82. The first-order chi connectivity index (χ1) is 13.2. The van der Waals surface area contributed by atoms with Gasteiger partial charge in [0.25, 0.3) is 0 Å². The lowest BCUT2D eigenvalue weighted by Gasteiger charge is -2.30. The van der Waals surface area contributed by atoms with E-state index in [0.717, 1.165) is 6.07 Å². The van der Waals surface area contributed by atoms with Crippen molar-refractivity contribution in [2.24, 2.45) is 0 Å². The first-order valence-electron chi connectivity index (χ1n) is 8.82. The molecular formula is C20H19F3N4O. The molecule has 2 aromatic rings. The van der Waals surface area contributed by atoms with Crippen molar-refractivity contribution in [3.63, 3.8) is 0 Å². The fourth-order valence-electron chi connectivity index (χ4n) is 3.48. The molecule has 1 fully saturated rings. The van der Waals surface area contributed by atoms with Crippen molar-refractivity contribution in [1.29, 1.82) is 5.26 Å². The van der Waals surface area contributed by atoms with Gasteiger partial charge in [0.2, 0.25) is 5.91 Å². The van der Waals surface area contributed by atoms with Crippen molar-refractivity contribution in [3.05, 3.63) is 53.2 Å². The molecule has 1 aromatic carbocycles. The predicted octanol–water partition coefficient (Wildman–Crippen LogP) is 3.91. The number of nitrogens with zero attached hydrogens (tertiary/aromatic N) is 4. The Labute approximate surface area is 161 Å². The molecular weight excluding hydrogens is 369 g/mol. The van der Waals surface area contributed by atoms with Gasteiger partial charge in [0, 0.05) is 25.0 Å². The second kappa shape index (κ2) is 7.50. The Balaban J connectivity index is 2.01. The van der Waals surface area contributed by atoms with Crippen LogP contribution in [-0.2, 0) is 11.0 Å². The third-order valence-corrected chi connectivity index (χ3v) is 4.83. The molecule has 1 aromatic heterocycles. The minimum atomic E-state index is -4.67. The number of aromatic nitrogens is 1. The summed E-state index contributed by atoms with van der Waals surface area (Å²) in [5, 5.41) is 9.41. The number of aryl methyl sites for hydroxylation is 1. The second-order valence-electron chi connectivity index (χ2n) is 6.70. The number of amides is 1. The van der Waals surface area contributed by atoms with Gasteiger partial charge in [-0.3, -0.25) is 4.79 Å². The van der Waals surface area contributed by atoms with E-state index in [-0.39, 0.29) is 17.4 Å². The number of halogens is 3. The Morgan fingerprint density at radius 2 is 2.00 bits per heavy atom. The number of hydrogen-bond acceptors (Lipinski definition) is 4. The Hall–Kier alpha value is -3.08. The SMILES string of the molecule is Cc1cc(C(F)(F)F)c(C#N)c(N2CCCC2C(=O)N(C)c2ccccc2)n1. The van der Waals surface area contributed by atoms with Crippen LogP contribution >= 0.6 is 0 Å². The van der Waals surface area contributed by atoms with Gasteiger partial charge in [0.15, 0.2) is 0 Å². The molecule has 146 valence electrons. The average Bonchev–Trinajstić information content (AvgIpc) is 3.15. The highest BCUT2D eigenvalue weighted by molar-refractivity contribution is 5.99. The highest BCUT2D eigenvalue weighted by Crippen LogP contribution is 2.37. The van der Waals surface area contributed by atoms with Crippen LogP contribution < -0.4 is 9.80 Å². The van der Waals surface area contributed by atoms with Gasteiger partial charge in [-0.1, -0.05) is 18.2 Å². The van der Waals surface area contributed by atoms with Gasteiger partial charge in [-0.2, -0.15) is 18.4 Å². The van der Waals surface area contributed by atoms with E-state index in [0.29, 0.717) is 25.1 Å². The maximum Gasteiger partial charge on any atom is 0.417 e. The number of likely N-dealkylation sites (N-methyl/N-ethyl adjacent to an activating group) is 1. The van der Waals surface area contributed by atoms with Crippen molar-refractivity contribution in [2.45, 2.75) is 32.0 Å². The number of pyridine rings is 1. The number of hydrogen-bond donors (Lipinski definition) is 0. The normalized spacial score (nSPS) is 16.7. The van der Waals surface area contributed by atoms with Crippen LogP contribution in [0.5, 0.6) is 0 Å². The number of carbonyl (C=O) groups is 1. The van der Waals surface area contributed by atoms with Gasteiger partial charge in [-0.25, -0.2) is 4.98 Å². The van der Waals surface area contributed by atoms with Gasteiger partial charge in [-0.05, 0) is 38.0 Å². The lowest BCUT2D eigenvalue weighted by atomic mass is 10.1. The van der Waals surface area contributed by atoms with Gasteiger partial charge < -0.3 is 9.80 Å². The number of nitriles is 1. The Morgan fingerprint density at radius 1 is 1.32 bits per heavy atom. The monoisotopic (exact) mass is 388 g/mol. The highest BCUT2D eigenvalue weighted by atomic mass is 19.4. The smallest absolute Gasteiger partial charge is 0.343 e. The highest BCUT2D eigenvalue weighted by Gasteiger charge is 2.40. The molecule has 2 heterocycles. The number of anilines is 2. The summed E-state index contributed by atoms with van der Waals surface area (Å²) in [7, 11) is 1.63. The number of para-hydroxylation sites is 1. The number of carbonyl (C=O) groups excluding carboxylic acids is 1. The van der Waals surface area contributed by atoms with E-state index in [4.69, 9.17) is 0 Å². The fraction of sp³-hybridized carbons (Fsp3) is 0.350. The molecule has 1 aliphatic rings. The molecule has 3 rings (SSSR count). The molecule has 1 unspecified atom stereocenters. The van der Waals surface area contributed by atoms with Crippen LogP contribution in [0.15, 0.2) is 36.4 Å². The number of alkyl halides is 3. The summed E-state index contributed by atoms with van der Waals surface area (Å²) in [5.41, 5.74) is -0.726. The van der Waals surface area contributed by atoms with Crippen LogP contribution in [-0.4, -0.2) is 30.5 Å². The molecule has 5 nitrogen and oxygen atoms in total. The van der Waals surface area contributed by atoms with Crippen LogP contribution in [0.3, 0.4) is 0 Å². The van der Waals surface area contributed by atoms with Gasteiger partial charge in [0.05, 0.1) is 5.56 Å². The second-order valence-corrected chi connectivity index (χ2v) is 6.70. The Kier molecular flexibility index (Phi) is 5.27. The molecule has 0 saturated carbocycles. The molecule has 0 aliphatic carbocycles. The van der Waals surface area contributed by atoms with E-state index < -0.39 is 23.3 Å². The molecule has 1 atom stereocenters. The number of benzene rings is 1. The lowest BCUT2D eigenvalue weighted by molar-refractivity contribution is -0.137. The lowest BCUT2D eigenvalue weighted by Crippen LogP contribution is -2.45. The van der Waals surface area contributed by atoms with Crippen molar-refractivity contribution in [1.82, 2.24) is 4.98 Å². The molecule has 0 radical (unpaired) electrons. The summed E-state index contributed by atoms with van der Waals surface area (Å²) in [6.07, 6.45) is -3.56. The Morgan fingerprint density at radius 3 is 2.61 bits per heavy atom. The maximum atomic E-state index is 13.4. The van der Waals surface area contributed by atoms with Crippen LogP contribution in [0.25, 0.3) is 0 Å². The molecule has 1 amide bonds. The summed E-state index contributed by atoms with van der Waals surface area (Å²) in [4.78, 5) is 20.3. The van der Waals surface area contributed by atoms with Crippen LogP contribution in [0.1, 0.15) is 29.7 Å². The summed E-state index contributed by atoms with van der Waals surface area (Å²) in [5.74, 6) is -0.323. The quantitative estimate of drug-likeness (QED) is 0.800. The van der Waals surface area contributed by atoms with Gasteiger partial charge in [-0.15, -0.1) is 0 Å². The van der Waals surface area contributed by atoms with Crippen molar-refractivity contribution in [3.8, 4) is 6.07 Å². The molecule has 0 N–H and O–H groups in total. The topological polar surface area (TPSA) is 60.2 Å². The van der Waals surface area contributed by atoms with Crippen LogP contribution in [0, 0.1) is 18.3 Å². The van der Waals surface area contributed by atoms with Crippen molar-refractivity contribution >= 4 is 17.4 Å². The summed E-state index contributed by atoms with van der Waals surface area (Å²) >= 11 is 0. The minimum Gasteiger partial charge on any atom is -0.343 e. The average molecular weight is 388 g/mol. The van der Waals surface area contributed by atoms with Crippen LogP contribution in [0.2, 0.25) is 0 Å².